The number of nitrogens with zero attached hydrogens (tertiary/aromatic N) is 3. The molecule has 1 atom stereocenters. The minimum Gasteiger partial charge on any atom is -0.465 e. The van der Waals surface area contributed by atoms with Crippen molar-refractivity contribution in [2.75, 3.05) is 12.9 Å². The summed E-state index contributed by atoms with van der Waals surface area (Å²) >= 11 is 2.77. The molecule has 0 radical (unpaired) electrons. The van der Waals surface area contributed by atoms with E-state index in [1.165, 1.54) is 25.8 Å². The molecule has 0 amide bonds. The van der Waals surface area contributed by atoms with Gasteiger partial charge in [-0.1, -0.05) is 17.8 Å². The number of aromatic nitrogens is 4. The Morgan fingerprint density at radius 1 is 1.28 bits per heavy atom. The van der Waals surface area contributed by atoms with Crippen LogP contribution in [0.15, 0.2) is 22.7 Å². The van der Waals surface area contributed by atoms with Crippen LogP contribution in [0.25, 0.3) is 10.7 Å². The maximum Gasteiger partial charge on any atom is 0.339 e. The zero-order chi connectivity index (χ0) is 23.4. The molecule has 0 spiro atoms. The SMILES string of the molecule is CCn1c(SCC(=O)OC(C)C(=O)c2[nH]c(C)c(C(=O)OC)c2C)nnc1-c1cccs1. The summed E-state index contributed by atoms with van der Waals surface area (Å²) in [6, 6.07) is 3.91. The standard InChI is InChI=1S/C21H24N4O5S2/c1-6-25-19(14-8-7-9-31-14)23-24-21(25)32-10-15(26)30-13(4)18(27)17-11(2)16(12(3)22-17)20(28)29-5/h7-9,13,22H,6,10H2,1-5H3. The molecule has 0 saturated heterocycles. The predicted molar refractivity (Wildman–Crippen MR) is 121 cm³/mol. The van der Waals surface area contributed by atoms with Gasteiger partial charge in [0.25, 0.3) is 0 Å². The van der Waals surface area contributed by atoms with Crippen molar-refractivity contribution in [2.24, 2.45) is 0 Å². The Balaban J connectivity index is 1.64. The maximum atomic E-state index is 12.8. The number of thiophene rings is 1. The van der Waals surface area contributed by atoms with Gasteiger partial charge in [-0.25, -0.2) is 4.79 Å². The summed E-state index contributed by atoms with van der Waals surface area (Å²) in [7, 11) is 1.28. The molecule has 3 heterocycles. The van der Waals surface area contributed by atoms with Crippen LogP contribution in [0.5, 0.6) is 0 Å². The van der Waals surface area contributed by atoms with Crippen molar-refractivity contribution in [1.82, 2.24) is 19.7 Å². The van der Waals surface area contributed by atoms with Gasteiger partial charge in [-0.2, -0.15) is 0 Å². The topological polar surface area (TPSA) is 116 Å². The Morgan fingerprint density at radius 3 is 2.66 bits per heavy atom. The third-order valence-electron chi connectivity index (χ3n) is 4.84. The van der Waals surface area contributed by atoms with Gasteiger partial charge < -0.3 is 19.0 Å². The van der Waals surface area contributed by atoms with Crippen LogP contribution in [0.3, 0.4) is 0 Å². The van der Waals surface area contributed by atoms with Gasteiger partial charge >= 0.3 is 11.9 Å². The van der Waals surface area contributed by atoms with E-state index >= 15 is 0 Å². The lowest BCUT2D eigenvalue weighted by Crippen LogP contribution is -2.26. The Labute approximate surface area is 193 Å². The molecular weight excluding hydrogens is 452 g/mol. The highest BCUT2D eigenvalue weighted by Gasteiger charge is 2.27. The first-order chi connectivity index (χ1) is 15.3. The van der Waals surface area contributed by atoms with E-state index in [9.17, 15) is 14.4 Å². The molecule has 0 saturated carbocycles. The fourth-order valence-corrected chi connectivity index (χ4v) is 4.79. The lowest BCUT2D eigenvalue weighted by Gasteiger charge is -2.12. The fourth-order valence-electron chi connectivity index (χ4n) is 3.28. The number of carbonyl (C=O) groups is 3. The smallest absolute Gasteiger partial charge is 0.339 e. The molecule has 0 aromatic carbocycles. The second-order valence-electron chi connectivity index (χ2n) is 6.93. The molecule has 3 aromatic rings. The van der Waals surface area contributed by atoms with E-state index in [1.54, 1.807) is 25.2 Å². The Bertz CT molecular complexity index is 1130. The van der Waals surface area contributed by atoms with E-state index in [4.69, 9.17) is 9.47 Å². The van der Waals surface area contributed by atoms with E-state index < -0.39 is 23.8 Å². The van der Waals surface area contributed by atoms with E-state index in [2.05, 4.69) is 15.2 Å². The van der Waals surface area contributed by atoms with E-state index in [0.29, 0.717) is 28.5 Å². The minimum absolute atomic E-state index is 0.0175. The maximum absolute atomic E-state index is 12.8. The summed E-state index contributed by atoms with van der Waals surface area (Å²) in [5.74, 6) is -0.764. The molecule has 0 aliphatic heterocycles. The van der Waals surface area contributed by atoms with Crippen molar-refractivity contribution in [3.8, 4) is 10.7 Å². The highest BCUT2D eigenvalue weighted by molar-refractivity contribution is 7.99. The summed E-state index contributed by atoms with van der Waals surface area (Å²) in [5.41, 5.74) is 1.52. The first-order valence-corrected chi connectivity index (χ1v) is 11.8. The summed E-state index contributed by atoms with van der Waals surface area (Å²) in [4.78, 5) is 41.0. The van der Waals surface area contributed by atoms with Crippen LogP contribution in [0.1, 0.15) is 46.0 Å². The Kier molecular flexibility index (Phi) is 7.52. The number of ketones is 1. The first-order valence-electron chi connectivity index (χ1n) is 9.89. The molecule has 0 bridgehead atoms. The largest absolute Gasteiger partial charge is 0.465 e. The summed E-state index contributed by atoms with van der Waals surface area (Å²) in [6.07, 6.45) is -1.02. The number of Topliss-reactive ketones (excluding diaryl/α,β-unsaturated/α-hetero) is 1. The third-order valence-corrected chi connectivity index (χ3v) is 6.65. The van der Waals surface area contributed by atoms with Crippen LogP contribution in [0.4, 0.5) is 0 Å². The highest BCUT2D eigenvalue weighted by Crippen LogP contribution is 2.27. The molecule has 0 aliphatic rings. The average Bonchev–Trinajstić information content (AvgIpc) is 3.49. The lowest BCUT2D eigenvalue weighted by molar-refractivity contribution is -0.143. The van der Waals surface area contributed by atoms with Crippen molar-refractivity contribution >= 4 is 40.8 Å². The molecule has 9 nitrogen and oxygen atoms in total. The number of esters is 2. The monoisotopic (exact) mass is 476 g/mol. The molecule has 32 heavy (non-hydrogen) atoms. The number of carbonyl (C=O) groups excluding carboxylic acids is 3. The molecule has 0 aliphatic carbocycles. The van der Waals surface area contributed by atoms with Gasteiger partial charge in [0.1, 0.15) is 0 Å². The quantitative estimate of drug-likeness (QED) is 0.283. The summed E-state index contributed by atoms with van der Waals surface area (Å²) < 4.78 is 12.0. The van der Waals surface area contributed by atoms with E-state index in [0.717, 1.165) is 10.7 Å². The van der Waals surface area contributed by atoms with Gasteiger partial charge in [0.05, 0.1) is 29.0 Å². The lowest BCUT2D eigenvalue weighted by atomic mass is 10.1. The van der Waals surface area contributed by atoms with Crippen molar-refractivity contribution in [2.45, 2.75) is 45.5 Å². The number of H-pyrrole nitrogens is 1. The van der Waals surface area contributed by atoms with Crippen molar-refractivity contribution in [1.29, 1.82) is 0 Å². The molecule has 0 fully saturated rings. The minimum atomic E-state index is -1.02. The number of nitrogens with one attached hydrogen (secondary N) is 1. The number of hydrogen-bond donors (Lipinski definition) is 1. The highest BCUT2D eigenvalue weighted by atomic mass is 32.2. The number of ether oxygens (including phenoxy) is 2. The molecule has 3 rings (SSSR count). The number of aromatic amines is 1. The van der Waals surface area contributed by atoms with Crippen LogP contribution in [0.2, 0.25) is 0 Å². The van der Waals surface area contributed by atoms with Crippen LogP contribution >= 0.6 is 23.1 Å². The fraction of sp³-hybridized carbons (Fsp3) is 0.381. The number of methoxy groups -OCH3 is 1. The summed E-state index contributed by atoms with van der Waals surface area (Å²) in [6.45, 7) is 7.46. The number of thioether (sulfide) groups is 1. The molecule has 170 valence electrons. The van der Waals surface area contributed by atoms with Gasteiger partial charge in [-0.3, -0.25) is 9.59 Å². The van der Waals surface area contributed by atoms with Crippen LogP contribution in [-0.2, 0) is 20.8 Å². The number of hydrogen-bond acceptors (Lipinski definition) is 9. The predicted octanol–water partition coefficient (Wildman–Crippen LogP) is 3.66. The van der Waals surface area contributed by atoms with E-state index in [-0.39, 0.29) is 11.4 Å². The van der Waals surface area contributed by atoms with Gasteiger partial charge in [0, 0.05) is 12.2 Å². The van der Waals surface area contributed by atoms with Crippen molar-refractivity contribution < 1.29 is 23.9 Å². The molecule has 3 aromatic heterocycles. The third kappa shape index (κ3) is 4.78. The molecule has 1 N–H and O–H groups in total. The molecule has 11 heteroatoms. The van der Waals surface area contributed by atoms with Crippen LogP contribution in [-0.4, -0.2) is 56.4 Å². The zero-order valence-electron chi connectivity index (χ0n) is 18.4. The van der Waals surface area contributed by atoms with Gasteiger partial charge in [-0.15, -0.1) is 21.5 Å². The van der Waals surface area contributed by atoms with Gasteiger partial charge in [0.2, 0.25) is 5.78 Å². The average molecular weight is 477 g/mol. The van der Waals surface area contributed by atoms with E-state index in [1.807, 2.05) is 29.0 Å². The van der Waals surface area contributed by atoms with Gasteiger partial charge in [-0.05, 0) is 44.7 Å². The normalized spacial score (nSPS) is 11.9. The second-order valence-corrected chi connectivity index (χ2v) is 8.82. The summed E-state index contributed by atoms with van der Waals surface area (Å²) in [5, 5.41) is 11.0. The van der Waals surface area contributed by atoms with Crippen molar-refractivity contribution in [3.05, 3.63) is 40.0 Å². The molecule has 1 unspecified atom stereocenters. The Hall–Kier alpha value is -2.92. The second kappa shape index (κ2) is 10.1. The Morgan fingerprint density at radius 2 is 2.03 bits per heavy atom. The molecular formula is C21H24N4O5S2. The number of aryl methyl sites for hydroxylation is 1. The zero-order valence-corrected chi connectivity index (χ0v) is 20.1. The first kappa shape index (κ1) is 23.7. The number of rotatable bonds is 9. The van der Waals surface area contributed by atoms with Crippen LogP contribution < -0.4 is 0 Å². The van der Waals surface area contributed by atoms with Crippen molar-refractivity contribution in [3.63, 3.8) is 0 Å². The van der Waals surface area contributed by atoms with Gasteiger partial charge in [0.15, 0.2) is 17.1 Å². The van der Waals surface area contributed by atoms with Crippen LogP contribution in [0, 0.1) is 13.8 Å².